The van der Waals surface area contributed by atoms with E-state index in [0.717, 1.165) is 28.6 Å². The molecule has 2 heterocycles. The quantitative estimate of drug-likeness (QED) is 0.217. The summed E-state index contributed by atoms with van der Waals surface area (Å²) in [7, 11) is 0. The molecule has 0 radical (unpaired) electrons. The molecular formula is C29H24ClN3O3S. The number of furan rings is 1. The van der Waals surface area contributed by atoms with Crippen molar-refractivity contribution in [3.8, 4) is 22.8 Å². The molecule has 0 saturated carbocycles. The lowest BCUT2D eigenvalue weighted by Gasteiger charge is -2.09. The number of rotatable bonds is 6. The number of halogens is 1. The SMILES string of the molecule is CC[C@@H](C)c1ccc2oc(-c3cccc(NC(=S)NC(=O)c4ccc(-c5cccc(Cl)c5)o4)c3)nc2c1. The monoisotopic (exact) mass is 529 g/mol. The Morgan fingerprint density at radius 3 is 2.62 bits per heavy atom. The molecule has 0 spiro atoms. The number of amides is 1. The van der Waals surface area contributed by atoms with Crippen LogP contribution in [0.15, 0.2) is 87.7 Å². The van der Waals surface area contributed by atoms with Crippen LogP contribution in [-0.4, -0.2) is 16.0 Å². The lowest BCUT2D eigenvalue weighted by atomic mass is 9.98. The molecule has 1 atom stereocenters. The van der Waals surface area contributed by atoms with Crippen LogP contribution in [0.1, 0.15) is 42.3 Å². The molecule has 0 fully saturated rings. The van der Waals surface area contributed by atoms with Crippen LogP contribution in [0.3, 0.4) is 0 Å². The average Bonchev–Trinajstić information content (AvgIpc) is 3.56. The molecule has 5 aromatic rings. The van der Waals surface area contributed by atoms with Crippen LogP contribution in [0, 0.1) is 0 Å². The van der Waals surface area contributed by atoms with Crippen molar-refractivity contribution in [1.29, 1.82) is 0 Å². The average molecular weight is 530 g/mol. The lowest BCUT2D eigenvalue weighted by Crippen LogP contribution is -2.33. The van der Waals surface area contributed by atoms with Gasteiger partial charge in [-0.25, -0.2) is 4.98 Å². The highest BCUT2D eigenvalue weighted by Gasteiger charge is 2.15. The Balaban J connectivity index is 1.27. The molecule has 37 heavy (non-hydrogen) atoms. The zero-order chi connectivity index (χ0) is 25.9. The number of carbonyl (C=O) groups excluding carboxylic acids is 1. The molecule has 5 rings (SSSR count). The molecule has 2 aromatic heterocycles. The first-order chi connectivity index (χ1) is 17.9. The van der Waals surface area contributed by atoms with Crippen LogP contribution in [0.5, 0.6) is 0 Å². The van der Waals surface area contributed by atoms with Gasteiger partial charge in [0.15, 0.2) is 16.5 Å². The number of hydrogen-bond donors (Lipinski definition) is 2. The first-order valence-corrected chi connectivity index (χ1v) is 12.7. The molecule has 1 amide bonds. The van der Waals surface area contributed by atoms with Gasteiger partial charge in [-0.2, -0.15) is 0 Å². The molecule has 0 saturated heterocycles. The van der Waals surface area contributed by atoms with E-state index in [0.29, 0.717) is 28.3 Å². The summed E-state index contributed by atoms with van der Waals surface area (Å²) in [6.45, 7) is 4.37. The van der Waals surface area contributed by atoms with E-state index in [4.69, 9.17) is 32.7 Å². The Morgan fingerprint density at radius 1 is 1.00 bits per heavy atom. The Bertz CT molecular complexity index is 1610. The molecule has 0 aliphatic rings. The fraction of sp³-hybridized carbons (Fsp3) is 0.138. The molecule has 0 aliphatic heterocycles. The first-order valence-electron chi connectivity index (χ1n) is 11.9. The van der Waals surface area contributed by atoms with Crippen molar-refractivity contribution in [2.45, 2.75) is 26.2 Å². The fourth-order valence-corrected chi connectivity index (χ4v) is 4.32. The highest BCUT2D eigenvalue weighted by Crippen LogP contribution is 2.29. The molecule has 186 valence electrons. The third-order valence-electron chi connectivity index (χ3n) is 6.13. The number of benzene rings is 3. The minimum absolute atomic E-state index is 0.135. The Hall–Kier alpha value is -3.94. The van der Waals surface area contributed by atoms with Crippen LogP contribution in [-0.2, 0) is 0 Å². The van der Waals surface area contributed by atoms with Crippen molar-refractivity contribution in [3.63, 3.8) is 0 Å². The number of aromatic nitrogens is 1. The normalized spacial score (nSPS) is 11.9. The molecular weight excluding hydrogens is 506 g/mol. The van der Waals surface area contributed by atoms with Gasteiger partial charge in [0.25, 0.3) is 5.91 Å². The topological polar surface area (TPSA) is 80.3 Å². The summed E-state index contributed by atoms with van der Waals surface area (Å²) < 4.78 is 11.7. The van der Waals surface area contributed by atoms with Crippen LogP contribution < -0.4 is 10.6 Å². The lowest BCUT2D eigenvalue weighted by molar-refractivity contribution is 0.0951. The van der Waals surface area contributed by atoms with Gasteiger partial charge in [0.2, 0.25) is 5.89 Å². The summed E-state index contributed by atoms with van der Waals surface area (Å²) in [4.78, 5) is 17.3. The number of thiocarbonyl (C=S) groups is 1. The van der Waals surface area contributed by atoms with Crippen molar-refractivity contribution in [1.82, 2.24) is 10.3 Å². The van der Waals surface area contributed by atoms with Gasteiger partial charge in [0, 0.05) is 21.8 Å². The Morgan fingerprint density at radius 2 is 1.81 bits per heavy atom. The molecule has 0 bridgehead atoms. The standard InChI is InChI=1S/C29H24ClN3O3S/c1-3-17(2)18-10-11-25-23(16-18)32-28(36-25)20-7-5-9-22(15-20)31-29(37)33-27(34)26-13-12-24(35-26)19-6-4-8-21(30)14-19/h4-17H,3H2,1-2H3,(H2,31,33,34,37)/t17-/m1/s1. The summed E-state index contributed by atoms with van der Waals surface area (Å²) >= 11 is 11.4. The van der Waals surface area contributed by atoms with E-state index < -0.39 is 5.91 Å². The number of fused-ring (bicyclic) bond motifs is 1. The second-order valence-corrected chi connectivity index (χ2v) is 9.56. The van der Waals surface area contributed by atoms with Crippen molar-refractivity contribution < 1.29 is 13.6 Å². The predicted molar refractivity (Wildman–Crippen MR) is 151 cm³/mol. The second kappa shape index (κ2) is 10.6. The van der Waals surface area contributed by atoms with E-state index in [1.165, 1.54) is 5.56 Å². The van der Waals surface area contributed by atoms with Crippen molar-refractivity contribution >= 4 is 51.6 Å². The Labute approximate surface area is 224 Å². The van der Waals surface area contributed by atoms with E-state index in [1.54, 1.807) is 24.3 Å². The molecule has 0 unspecified atom stereocenters. The van der Waals surface area contributed by atoms with Crippen LogP contribution in [0.25, 0.3) is 33.9 Å². The largest absolute Gasteiger partial charge is 0.451 e. The van der Waals surface area contributed by atoms with E-state index in [9.17, 15) is 4.79 Å². The minimum Gasteiger partial charge on any atom is -0.451 e. The molecule has 6 nitrogen and oxygen atoms in total. The smallest absolute Gasteiger partial charge is 0.293 e. The maximum atomic E-state index is 12.7. The number of nitrogens with one attached hydrogen (secondary N) is 2. The number of carbonyl (C=O) groups is 1. The maximum absolute atomic E-state index is 12.7. The van der Waals surface area contributed by atoms with Crippen LogP contribution >= 0.6 is 23.8 Å². The second-order valence-electron chi connectivity index (χ2n) is 8.72. The fourth-order valence-electron chi connectivity index (χ4n) is 3.92. The number of oxazole rings is 1. The number of anilines is 1. The van der Waals surface area contributed by atoms with Gasteiger partial charge in [-0.1, -0.05) is 49.7 Å². The summed E-state index contributed by atoms with van der Waals surface area (Å²) in [5, 5.41) is 6.40. The highest BCUT2D eigenvalue weighted by molar-refractivity contribution is 7.80. The zero-order valence-corrected chi connectivity index (χ0v) is 21.8. The summed E-state index contributed by atoms with van der Waals surface area (Å²) in [5.74, 6) is 1.18. The van der Waals surface area contributed by atoms with E-state index in [1.807, 2.05) is 42.5 Å². The van der Waals surface area contributed by atoms with E-state index >= 15 is 0 Å². The van der Waals surface area contributed by atoms with Gasteiger partial charge in [-0.15, -0.1) is 0 Å². The summed E-state index contributed by atoms with van der Waals surface area (Å²) in [6.07, 6.45) is 1.06. The maximum Gasteiger partial charge on any atom is 0.293 e. The zero-order valence-electron chi connectivity index (χ0n) is 20.2. The minimum atomic E-state index is -0.460. The van der Waals surface area contributed by atoms with Gasteiger partial charge in [-0.05, 0) is 84.7 Å². The third kappa shape index (κ3) is 5.58. The van der Waals surface area contributed by atoms with Gasteiger partial charge in [-0.3, -0.25) is 10.1 Å². The number of hydrogen-bond acceptors (Lipinski definition) is 5. The van der Waals surface area contributed by atoms with Gasteiger partial charge >= 0.3 is 0 Å². The highest BCUT2D eigenvalue weighted by atomic mass is 35.5. The number of nitrogens with zero attached hydrogens (tertiary/aromatic N) is 1. The van der Waals surface area contributed by atoms with E-state index in [-0.39, 0.29) is 10.9 Å². The van der Waals surface area contributed by atoms with Crippen LogP contribution in [0.2, 0.25) is 5.02 Å². The third-order valence-corrected chi connectivity index (χ3v) is 6.57. The van der Waals surface area contributed by atoms with Crippen LogP contribution in [0.4, 0.5) is 5.69 Å². The Kier molecular flexibility index (Phi) is 7.08. The van der Waals surface area contributed by atoms with E-state index in [2.05, 4.69) is 41.6 Å². The molecule has 0 aliphatic carbocycles. The predicted octanol–water partition coefficient (Wildman–Crippen LogP) is 8.05. The van der Waals surface area contributed by atoms with Gasteiger partial charge < -0.3 is 14.2 Å². The first kappa shape index (κ1) is 24.7. The molecule has 8 heteroatoms. The summed E-state index contributed by atoms with van der Waals surface area (Å²) in [6, 6.07) is 24.1. The molecule has 3 aromatic carbocycles. The van der Waals surface area contributed by atoms with Crippen molar-refractivity contribution in [3.05, 3.63) is 95.2 Å². The van der Waals surface area contributed by atoms with Crippen molar-refractivity contribution in [2.24, 2.45) is 0 Å². The van der Waals surface area contributed by atoms with Gasteiger partial charge in [0.05, 0.1) is 0 Å². The van der Waals surface area contributed by atoms with Gasteiger partial charge in [0.1, 0.15) is 11.3 Å². The van der Waals surface area contributed by atoms with Crippen molar-refractivity contribution in [2.75, 3.05) is 5.32 Å². The molecule has 2 N–H and O–H groups in total. The summed E-state index contributed by atoms with van der Waals surface area (Å²) in [5.41, 5.74) is 5.05.